The molecule has 0 spiro atoms. The largest absolute Gasteiger partial charge is 0.493 e. The number of anilines is 1. The van der Waals surface area contributed by atoms with Crippen molar-refractivity contribution in [3.05, 3.63) is 42.2 Å². The van der Waals surface area contributed by atoms with E-state index in [-0.39, 0.29) is 11.9 Å². The predicted octanol–water partition coefficient (Wildman–Crippen LogP) is 1.60. The smallest absolute Gasteiger partial charge is 0.321 e. The van der Waals surface area contributed by atoms with Crippen LogP contribution in [0.2, 0.25) is 0 Å². The second kappa shape index (κ2) is 8.72. The van der Waals surface area contributed by atoms with Gasteiger partial charge in [0.15, 0.2) is 0 Å². The van der Waals surface area contributed by atoms with E-state index in [1.807, 2.05) is 13.2 Å². The van der Waals surface area contributed by atoms with Crippen LogP contribution < -0.4 is 15.4 Å². The monoisotopic (exact) mass is 345 g/mol. The number of benzene rings is 1. The van der Waals surface area contributed by atoms with E-state index in [2.05, 4.69) is 15.7 Å². The number of carbonyl (C=O) groups excluding carboxylic acids is 2. The quantitative estimate of drug-likeness (QED) is 0.798. The molecule has 0 saturated heterocycles. The number of nitrogens with one attached hydrogen (secondary N) is 2. The van der Waals surface area contributed by atoms with Crippen molar-refractivity contribution in [3.63, 3.8) is 0 Å². The number of ether oxygens (including phenoxy) is 1. The number of amides is 3. The van der Waals surface area contributed by atoms with Gasteiger partial charge in [-0.05, 0) is 24.3 Å². The number of carbonyl (C=O) groups is 2. The van der Waals surface area contributed by atoms with Crippen molar-refractivity contribution in [1.82, 2.24) is 20.0 Å². The molecular weight excluding hydrogens is 322 g/mol. The Labute approximate surface area is 146 Å². The van der Waals surface area contributed by atoms with Gasteiger partial charge in [0.25, 0.3) is 0 Å². The molecule has 0 bridgehead atoms. The van der Waals surface area contributed by atoms with Crippen molar-refractivity contribution in [2.75, 3.05) is 26.0 Å². The Morgan fingerprint density at radius 2 is 2.00 bits per heavy atom. The van der Waals surface area contributed by atoms with Gasteiger partial charge in [0.2, 0.25) is 5.91 Å². The first-order valence-electron chi connectivity index (χ1n) is 7.91. The molecule has 2 N–H and O–H groups in total. The lowest BCUT2D eigenvalue weighted by atomic mass is 10.3. The van der Waals surface area contributed by atoms with Gasteiger partial charge < -0.3 is 20.3 Å². The fourth-order valence-corrected chi connectivity index (χ4v) is 2.14. The number of rotatable bonds is 7. The van der Waals surface area contributed by atoms with E-state index in [0.29, 0.717) is 31.0 Å². The maximum absolute atomic E-state index is 12.2. The SMILES string of the molecule is CNC(=O)CCOc1ccc(NC(=O)N(C)Cc2cnn(C)c2)cc1. The second-order valence-electron chi connectivity index (χ2n) is 5.60. The number of nitrogens with zero attached hydrogens (tertiary/aromatic N) is 3. The van der Waals surface area contributed by atoms with Crippen LogP contribution in [0, 0.1) is 0 Å². The van der Waals surface area contributed by atoms with Crippen molar-refractivity contribution in [2.24, 2.45) is 7.05 Å². The van der Waals surface area contributed by atoms with Crippen molar-refractivity contribution >= 4 is 17.6 Å². The Bertz CT molecular complexity index is 711. The van der Waals surface area contributed by atoms with Crippen molar-refractivity contribution in [2.45, 2.75) is 13.0 Å². The van der Waals surface area contributed by atoms with E-state index >= 15 is 0 Å². The van der Waals surface area contributed by atoms with Crippen molar-refractivity contribution in [3.8, 4) is 5.75 Å². The van der Waals surface area contributed by atoms with Crippen LogP contribution in [-0.2, 0) is 18.4 Å². The summed E-state index contributed by atoms with van der Waals surface area (Å²) >= 11 is 0. The first-order chi connectivity index (χ1) is 12.0. The molecule has 0 aliphatic rings. The lowest BCUT2D eigenvalue weighted by molar-refractivity contribution is -0.121. The summed E-state index contributed by atoms with van der Waals surface area (Å²) in [6, 6.07) is 6.80. The van der Waals surface area contributed by atoms with E-state index < -0.39 is 0 Å². The number of urea groups is 1. The Morgan fingerprint density at radius 1 is 1.28 bits per heavy atom. The van der Waals surface area contributed by atoms with Gasteiger partial charge >= 0.3 is 6.03 Å². The van der Waals surface area contributed by atoms with E-state index in [0.717, 1.165) is 5.56 Å². The van der Waals surface area contributed by atoms with E-state index in [9.17, 15) is 9.59 Å². The van der Waals surface area contributed by atoms with Crippen LogP contribution in [0.3, 0.4) is 0 Å². The lowest BCUT2D eigenvalue weighted by Crippen LogP contribution is -2.30. The van der Waals surface area contributed by atoms with Crippen molar-refractivity contribution in [1.29, 1.82) is 0 Å². The molecule has 0 fully saturated rings. The minimum Gasteiger partial charge on any atom is -0.493 e. The van der Waals surface area contributed by atoms with Gasteiger partial charge in [0.1, 0.15) is 5.75 Å². The highest BCUT2D eigenvalue weighted by Crippen LogP contribution is 2.16. The Kier molecular flexibility index (Phi) is 6.39. The molecule has 134 valence electrons. The molecule has 0 saturated carbocycles. The molecule has 8 nitrogen and oxygen atoms in total. The van der Waals surface area contributed by atoms with Gasteiger partial charge in [0.05, 0.1) is 25.8 Å². The third-order valence-electron chi connectivity index (χ3n) is 3.51. The topological polar surface area (TPSA) is 88.5 Å². The highest BCUT2D eigenvalue weighted by atomic mass is 16.5. The molecule has 1 aromatic heterocycles. The van der Waals surface area contributed by atoms with Gasteiger partial charge in [-0.2, -0.15) is 5.10 Å². The average Bonchev–Trinajstić information content (AvgIpc) is 3.01. The van der Waals surface area contributed by atoms with Crippen LogP contribution >= 0.6 is 0 Å². The Balaban J connectivity index is 1.81. The molecule has 0 aliphatic carbocycles. The third-order valence-corrected chi connectivity index (χ3v) is 3.51. The van der Waals surface area contributed by atoms with Crippen LogP contribution in [0.5, 0.6) is 5.75 Å². The summed E-state index contributed by atoms with van der Waals surface area (Å²) < 4.78 is 7.17. The molecule has 0 aliphatic heterocycles. The molecular formula is C17H23N5O3. The second-order valence-corrected chi connectivity index (χ2v) is 5.60. The molecule has 2 rings (SSSR count). The summed E-state index contributed by atoms with van der Waals surface area (Å²) in [7, 11) is 5.14. The normalized spacial score (nSPS) is 10.2. The number of hydrogen-bond acceptors (Lipinski definition) is 4. The maximum atomic E-state index is 12.2. The molecule has 25 heavy (non-hydrogen) atoms. The van der Waals surface area contributed by atoms with Crippen LogP contribution in [0.4, 0.5) is 10.5 Å². The van der Waals surface area contributed by atoms with Gasteiger partial charge in [-0.3, -0.25) is 9.48 Å². The molecule has 2 aromatic rings. The van der Waals surface area contributed by atoms with E-state index in [4.69, 9.17) is 4.74 Å². The maximum Gasteiger partial charge on any atom is 0.321 e. The average molecular weight is 345 g/mol. The van der Waals surface area contributed by atoms with Crippen LogP contribution in [-0.4, -0.2) is 47.3 Å². The Morgan fingerprint density at radius 3 is 2.60 bits per heavy atom. The molecule has 3 amide bonds. The van der Waals surface area contributed by atoms with Gasteiger partial charge in [-0.25, -0.2) is 4.79 Å². The molecule has 8 heteroatoms. The molecule has 1 aromatic carbocycles. The van der Waals surface area contributed by atoms with Crippen molar-refractivity contribution < 1.29 is 14.3 Å². The summed E-state index contributed by atoms with van der Waals surface area (Å²) in [6.45, 7) is 0.777. The zero-order chi connectivity index (χ0) is 18.2. The van der Waals surface area contributed by atoms with Gasteiger partial charge in [-0.15, -0.1) is 0 Å². The number of hydrogen-bond donors (Lipinski definition) is 2. The number of aryl methyl sites for hydroxylation is 1. The minimum atomic E-state index is -0.211. The van der Waals surface area contributed by atoms with Crippen LogP contribution in [0.1, 0.15) is 12.0 Å². The molecule has 0 radical (unpaired) electrons. The summed E-state index contributed by atoms with van der Waals surface area (Å²) in [5.74, 6) is 0.575. The fourth-order valence-electron chi connectivity index (χ4n) is 2.14. The fraction of sp³-hybridized carbons (Fsp3) is 0.353. The Hall–Kier alpha value is -3.03. The molecule has 1 heterocycles. The summed E-state index contributed by atoms with van der Waals surface area (Å²) in [4.78, 5) is 24.9. The summed E-state index contributed by atoms with van der Waals surface area (Å²) in [5.41, 5.74) is 1.63. The van der Waals surface area contributed by atoms with Gasteiger partial charge in [0, 0.05) is 38.6 Å². The zero-order valence-electron chi connectivity index (χ0n) is 14.7. The molecule has 0 atom stereocenters. The van der Waals surface area contributed by atoms with Gasteiger partial charge in [-0.1, -0.05) is 0 Å². The first kappa shape index (κ1) is 18.3. The highest BCUT2D eigenvalue weighted by Gasteiger charge is 2.10. The molecule has 0 unspecified atom stereocenters. The number of aromatic nitrogens is 2. The predicted molar refractivity (Wildman–Crippen MR) is 94.3 cm³/mol. The van der Waals surface area contributed by atoms with Crippen LogP contribution in [0.15, 0.2) is 36.7 Å². The lowest BCUT2D eigenvalue weighted by Gasteiger charge is -2.17. The van der Waals surface area contributed by atoms with E-state index in [1.54, 1.807) is 54.1 Å². The minimum absolute atomic E-state index is 0.0689. The standard InChI is InChI=1S/C17H23N5O3/c1-18-16(23)8-9-25-15-6-4-14(5-7-15)20-17(24)21(2)11-13-10-19-22(3)12-13/h4-7,10,12H,8-9,11H2,1-3H3,(H,18,23)(H,20,24). The third kappa shape index (κ3) is 5.83. The van der Waals surface area contributed by atoms with E-state index in [1.165, 1.54) is 0 Å². The summed E-state index contributed by atoms with van der Waals surface area (Å²) in [5, 5.41) is 9.44. The summed E-state index contributed by atoms with van der Waals surface area (Å²) in [6.07, 6.45) is 3.90. The first-order valence-corrected chi connectivity index (χ1v) is 7.91. The zero-order valence-corrected chi connectivity index (χ0v) is 14.7. The highest BCUT2D eigenvalue weighted by molar-refractivity contribution is 5.89. The van der Waals surface area contributed by atoms with Crippen LogP contribution in [0.25, 0.3) is 0 Å².